The van der Waals surface area contributed by atoms with Gasteiger partial charge in [-0.25, -0.2) is 4.68 Å². The minimum Gasteiger partial charge on any atom is -0.287 e. The summed E-state index contributed by atoms with van der Waals surface area (Å²) in [4.78, 5) is 13.0. The van der Waals surface area contributed by atoms with Gasteiger partial charge in [-0.15, -0.1) is 5.10 Å². The SMILES string of the molecule is O=C(/C=C/c1ccc(Br)cc1)c1nnn(-c2ccccc2)c1/C=C/c1ccc(Br)cc1. The van der Waals surface area contributed by atoms with Gasteiger partial charge >= 0.3 is 0 Å². The van der Waals surface area contributed by atoms with Gasteiger partial charge in [0.05, 0.1) is 11.4 Å². The standard InChI is InChI=1S/C25H17Br2N3O/c26-20-12-6-18(7-13-20)10-16-23-25(28-29-30(23)22-4-2-1-3-5-22)24(31)17-11-19-8-14-21(27)15-9-19/h1-17H/b16-10+,17-11+. The Labute approximate surface area is 197 Å². The molecular formula is C25H17Br2N3O. The molecule has 1 heterocycles. The Morgan fingerprint density at radius 2 is 1.32 bits per heavy atom. The molecule has 0 amide bonds. The number of carbonyl (C=O) groups is 1. The third-order valence-corrected chi connectivity index (χ3v) is 5.60. The van der Waals surface area contributed by atoms with E-state index >= 15 is 0 Å². The molecule has 152 valence electrons. The highest BCUT2D eigenvalue weighted by molar-refractivity contribution is 9.10. The van der Waals surface area contributed by atoms with Crippen molar-refractivity contribution in [2.24, 2.45) is 0 Å². The molecule has 3 aromatic carbocycles. The number of halogens is 2. The number of aromatic nitrogens is 3. The van der Waals surface area contributed by atoms with Crippen LogP contribution in [0.15, 0.2) is 93.9 Å². The number of ketones is 1. The van der Waals surface area contributed by atoms with Gasteiger partial charge < -0.3 is 0 Å². The maximum absolute atomic E-state index is 13.0. The topological polar surface area (TPSA) is 47.8 Å². The van der Waals surface area contributed by atoms with Crippen molar-refractivity contribution in [3.8, 4) is 5.69 Å². The van der Waals surface area contributed by atoms with Crippen molar-refractivity contribution in [3.05, 3.63) is 116 Å². The van der Waals surface area contributed by atoms with Crippen LogP contribution in [0.25, 0.3) is 23.9 Å². The maximum atomic E-state index is 13.0. The first-order valence-electron chi connectivity index (χ1n) is 9.53. The molecule has 0 aliphatic rings. The number of hydrogen-bond donors (Lipinski definition) is 0. The van der Waals surface area contributed by atoms with Crippen molar-refractivity contribution in [1.29, 1.82) is 0 Å². The summed E-state index contributed by atoms with van der Waals surface area (Å²) in [7, 11) is 0. The highest BCUT2D eigenvalue weighted by atomic mass is 79.9. The Balaban J connectivity index is 1.69. The molecule has 6 heteroatoms. The molecule has 0 N–H and O–H groups in total. The maximum Gasteiger partial charge on any atom is 0.208 e. The number of nitrogens with zero attached hydrogens (tertiary/aromatic N) is 3. The molecule has 0 unspecified atom stereocenters. The van der Waals surface area contributed by atoms with Gasteiger partial charge in [-0.3, -0.25) is 4.79 Å². The zero-order valence-corrected chi connectivity index (χ0v) is 19.5. The lowest BCUT2D eigenvalue weighted by molar-refractivity contribution is 0.104. The summed E-state index contributed by atoms with van der Waals surface area (Å²) >= 11 is 6.86. The molecule has 0 bridgehead atoms. The van der Waals surface area contributed by atoms with Crippen molar-refractivity contribution in [2.75, 3.05) is 0 Å². The molecule has 4 aromatic rings. The highest BCUT2D eigenvalue weighted by Crippen LogP contribution is 2.19. The molecule has 0 aliphatic heterocycles. The summed E-state index contributed by atoms with van der Waals surface area (Å²) in [5, 5.41) is 8.44. The van der Waals surface area contributed by atoms with Gasteiger partial charge in [-0.2, -0.15) is 0 Å². The lowest BCUT2D eigenvalue weighted by atomic mass is 10.1. The zero-order chi connectivity index (χ0) is 21.6. The first-order valence-corrected chi connectivity index (χ1v) is 11.1. The van der Waals surface area contributed by atoms with Gasteiger partial charge in [0.15, 0.2) is 5.69 Å². The second-order valence-electron chi connectivity index (χ2n) is 6.70. The normalized spacial score (nSPS) is 11.4. The van der Waals surface area contributed by atoms with E-state index in [2.05, 4.69) is 42.2 Å². The monoisotopic (exact) mass is 533 g/mol. The number of benzene rings is 3. The fraction of sp³-hybridized carbons (Fsp3) is 0. The van der Waals surface area contributed by atoms with E-state index < -0.39 is 0 Å². The van der Waals surface area contributed by atoms with Gasteiger partial charge in [0.25, 0.3) is 0 Å². The van der Waals surface area contributed by atoms with Crippen molar-refractivity contribution in [2.45, 2.75) is 0 Å². The fourth-order valence-corrected chi connectivity index (χ4v) is 3.48. The number of allylic oxidation sites excluding steroid dienone is 1. The van der Waals surface area contributed by atoms with E-state index in [-0.39, 0.29) is 5.78 Å². The molecule has 0 spiro atoms. The van der Waals surface area contributed by atoms with Crippen LogP contribution < -0.4 is 0 Å². The Hall–Kier alpha value is -3.09. The Bertz CT molecular complexity index is 1240. The molecular weight excluding hydrogens is 518 g/mol. The van der Waals surface area contributed by atoms with Crippen LogP contribution in [-0.2, 0) is 0 Å². The second-order valence-corrected chi connectivity index (χ2v) is 8.54. The molecule has 4 nitrogen and oxygen atoms in total. The predicted octanol–water partition coefficient (Wildman–Crippen LogP) is 6.86. The predicted molar refractivity (Wildman–Crippen MR) is 132 cm³/mol. The quantitative estimate of drug-likeness (QED) is 0.200. The Morgan fingerprint density at radius 1 is 0.742 bits per heavy atom. The summed E-state index contributed by atoms with van der Waals surface area (Å²) < 4.78 is 3.67. The molecule has 0 atom stereocenters. The van der Waals surface area contributed by atoms with Gasteiger partial charge in [-0.05, 0) is 59.7 Å². The average molecular weight is 535 g/mol. The summed E-state index contributed by atoms with van der Waals surface area (Å²) in [5.41, 5.74) is 3.69. The van der Waals surface area contributed by atoms with E-state index in [1.165, 1.54) is 6.08 Å². The van der Waals surface area contributed by atoms with Crippen LogP contribution in [0.5, 0.6) is 0 Å². The Kier molecular flexibility index (Phi) is 6.70. The van der Waals surface area contributed by atoms with E-state index in [1.54, 1.807) is 10.8 Å². The first-order chi connectivity index (χ1) is 15.1. The van der Waals surface area contributed by atoms with Crippen molar-refractivity contribution in [1.82, 2.24) is 15.0 Å². The van der Waals surface area contributed by atoms with Gasteiger partial charge in [-0.1, -0.05) is 91.7 Å². The third kappa shape index (κ3) is 5.34. The largest absolute Gasteiger partial charge is 0.287 e. The number of para-hydroxylation sites is 1. The number of carbonyl (C=O) groups excluding carboxylic acids is 1. The molecule has 31 heavy (non-hydrogen) atoms. The van der Waals surface area contributed by atoms with E-state index in [0.29, 0.717) is 11.4 Å². The average Bonchev–Trinajstić information content (AvgIpc) is 3.23. The third-order valence-electron chi connectivity index (χ3n) is 4.54. The molecule has 0 radical (unpaired) electrons. The van der Waals surface area contributed by atoms with Crippen LogP contribution in [0.2, 0.25) is 0 Å². The first kappa shape index (κ1) is 21.2. The van der Waals surface area contributed by atoms with Crippen LogP contribution in [0, 0.1) is 0 Å². The lowest BCUT2D eigenvalue weighted by Gasteiger charge is -2.04. The van der Waals surface area contributed by atoms with Crippen molar-refractivity contribution >= 4 is 55.9 Å². The molecule has 4 rings (SSSR count). The minimum atomic E-state index is -0.208. The molecule has 0 fully saturated rings. The van der Waals surface area contributed by atoms with E-state index in [9.17, 15) is 4.79 Å². The fourth-order valence-electron chi connectivity index (χ4n) is 2.95. The van der Waals surface area contributed by atoms with Gasteiger partial charge in [0, 0.05) is 8.95 Å². The molecule has 0 aliphatic carbocycles. The van der Waals surface area contributed by atoms with Crippen LogP contribution in [-0.4, -0.2) is 20.8 Å². The summed E-state index contributed by atoms with van der Waals surface area (Å²) in [6.07, 6.45) is 7.12. The van der Waals surface area contributed by atoms with Crippen LogP contribution in [0.3, 0.4) is 0 Å². The van der Waals surface area contributed by atoms with Gasteiger partial charge in [0.1, 0.15) is 0 Å². The molecule has 0 saturated carbocycles. The molecule has 1 aromatic heterocycles. The van der Waals surface area contributed by atoms with Gasteiger partial charge in [0.2, 0.25) is 5.78 Å². The van der Waals surface area contributed by atoms with E-state index in [0.717, 1.165) is 25.8 Å². The summed E-state index contributed by atoms with van der Waals surface area (Å²) in [5.74, 6) is -0.208. The summed E-state index contributed by atoms with van der Waals surface area (Å²) in [6.45, 7) is 0. The van der Waals surface area contributed by atoms with Crippen LogP contribution in [0.4, 0.5) is 0 Å². The second kappa shape index (κ2) is 9.81. The minimum absolute atomic E-state index is 0.208. The smallest absolute Gasteiger partial charge is 0.208 e. The zero-order valence-electron chi connectivity index (χ0n) is 16.3. The number of hydrogen-bond acceptors (Lipinski definition) is 3. The van der Waals surface area contributed by atoms with Crippen molar-refractivity contribution < 1.29 is 4.79 Å². The Morgan fingerprint density at radius 3 is 1.94 bits per heavy atom. The summed E-state index contributed by atoms with van der Waals surface area (Å²) in [6, 6.07) is 25.3. The number of rotatable bonds is 6. The molecule has 0 saturated heterocycles. The highest BCUT2D eigenvalue weighted by Gasteiger charge is 2.17. The lowest BCUT2D eigenvalue weighted by Crippen LogP contribution is -2.02. The van der Waals surface area contributed by atoms with Crippen LogP contribution >= 0.6 is 31.9 Å². The van der Waals surface area contributed by atoms with E-state index in [1.807, 2.05) is 91.0 Å². The van der Waals surface area contributed by atoms with Crippen molar-refractivity contribution in [3.63, 3.8) is 0 Å². The van der Waals surface area contributed by atoms with E-state index in [4.69, 9.17) is 0 Å². The van der Waals surface area contributed by atoms with Crippen LogP contribution in [0.1, 0.15) is 27.3 Å².